The van der Waals surface area contributed by atoms with Crippen molar-refractivity contribution in [3.63, 3.8) is 0 Å². The van der Waals surface area contributed by atoms with E-state index in [1.807, 2.05) is 6.07 Å². The molecule has 2 amide bonds. The van der Waals surface area contributed by atoms with Gasteiger partial charge < -0.3 is 15.0 Å². The Bertz CT molecular complexity index is 1040. The zero-order valence-corrected chi connectivity index (χ0v) is 18.8. The van der Waals surface area contributed by atoms with Crippen molar-refractivity contribution in [2.45, 2.75) is 4.90 Å². The van der Waals surface area contributed by atoms with E-state index in [0.29, 0.717) is 23.4 Å². The maximum absolute atomic E-state index is 13.1. The summed E-state index contributed by atoms with van der Waals surface area (Å²) in [5, 5.41) is 2.72. The van der Waals surface area contributed by atoms with E-state index >= 15 is 0 Å². The first kappa shape index (κ1) is 22.4. The Labute approximate surface area is 184 Å². The van der Waals surface area contributed by atoms with Gasteiger partial charge in [-0.1, -0.05) is 24.3 Å². The quantitative estimate of drug-likeness (QED) is 0.662. The Morgan fingerprint density at radius 3 is 2.43 bits per heavy atom. The Hall–Kier alpha value is -2.27. The van der Waals surface area contributed by atoms with Crippen LogP contribution in [0.3, 0.4) is 0 Å². The van der Waals surface area contributed by atoms with Crippen LogP contribution in [0.4, 0.5) is 5.69 Å². The van der Waals surface area contributed by atoms with Gasteiger partial charge >= 0.3 is 0 Å². The fourth-order valence-corrected chi connectivity index (χ4v) is 5.02. The first-order chi connectivity index (χ1) is 14.3. The van der Waals surface area contributed by atoms with E-state index in [1.165, 1.54) is 28.4 Å². The summed E-state index contributed by atoms with van der Waals surface area (Å²) >= 11 is 3.35. The van der Waals surface area contributed by atoms with Crippen molar-refractivity contribution >= 4 is 43.5 Å². The van der Waals surface area contributed by atoms with Crippen LogP contribution in [0.5, 0.6) is 0 Å². The van der Waals surface area contributed by atoms with Crippen LogP contribution in [0.25, 0.3) is 0 Å². The minimum atomic E-state index is -3.85. The molecule has 1 heterocycles. The largest absolute Gasteiger partial charge is 0.379 e. The Morgan fingerprint density at radius 1 is 1.10 bits per heavy atom. The van der Waals surface area contributed by atoms with Crippen molar-refractivity contribution in [3.05, 3.63) is 58.6 Å². The predicted octanol–water partition coefficient (Wildman–Crippen LogP) is 2.18. The summed E-state index contributed by atoms with van der Waals surface area (Å²) < 4.78 is 33.3. The summed E-state index contributed by atoms with van der Waals surface area (Å²) in [7, 11) is -2.40. The lowest BCUT2D eigenvalue weighted by atomic mass is 10.2. The molecule has 0 aliphatic carbocycles. The lowest BCUT2D eigenvalue weighted by molar-refractivity contribution is -0.116. The molecule has 1 aliphatic heterocycles. The molecule has 0 radical (unpaired) electrons. The van der Waals surface area contributed by atoms with Gasteiger partial charge in [0.05, 0.1) is 35.9 Å². The predicted molar refractivity (Wildman–Crippen MR) is 116 cm³/mol. The summed E-state index contributed by atoms with van der Waals surface area (Å²) in [6.45, 7) is 0.852. The van der Waals surface area contributed by atoms with Crippen molar-refractivity contribution < 1.29 is 22.7 Å². The van der Waals surface area contributed by atoms with E-state index in [-0.39, 0.29) is 30.1 Å². The number of anilines is 1. The number of amides is 2. The molecule has 1 aliphatic rings. The van der Waals surface area contributed by atoms with E-state index in [0.717, 1.165) is 0 Å². The zero-order valence-electron chi connectivity index (χ0n) is 16.4. The number of sulfonamides is 1. The van der Waals surface area contributed by atoms with Gasteiger partial charge in [0.25, 0.3) is 5.91 Å². The Morgan fingerprint density at radius 2 is 1.73 bits per heavy atom. The van der Waals surface area contributed by atoms with Gasteiger partial charge in [0, 0.05) is 24.6 Å². The maximum Gasteiger partial charge on any atom is 0.255 e. The second-order valence-corrected chi connectivity index (χ2v) is 9.46. The number of hydrogen-bond donors (Lipinski definition) is 1. The number of likely N-dealkylation sites (N-methyl/N-ethyl adjacent to an activating group) is 1. The van der Waals surface area contributed by atoms with Gasteiger partial charge in [-0.3, -0.25) is 9.59 Å². The monoisotopic (exact) mass is 495 g/mol. The number of hydrogen-bond acceptors (Lipinski definition) is 5. The molecule has 1 fully saturated rings. The van der Waals surface area contributed by atoms with Crippen LogP contribution in [0, 0.1) is 0 Å². The maximum atomic E-state index is 13.1. The average Bonchev–Trinajstić information content (AvgIpc) is 2.75. The number of halogens is 1. The zero-order chi connectivity index (χ0) is 21.7. The van der Waals surface area contributed by atoms with Gasteiger partial charge in [-0.05, 0) is 40.2 Å². The molecular formula is C20H22BrN3O5S. The van der Waals surface area contributed by atoms with E-state index in [4.69, 9.17) is 4.74 Å². The minimum Gasteiger partial charge on any atom is -0.379 e. The van der Waals surface area contributed by atoms with Crippen molar-refractivity contribution in [2.75, 3.05) is 45.2 Å². The minimum absolute atomic E-state index is 0.0279. The van der Waals surface area contributed by atoms with Crippen LogP contribution in [0.1, 0.15) is 10.4 Å². The summed E-state index contributed by atoms with van der Waals surface area (Å²) in [4.78, 5) is 26.5. The van der Waals surface area contributed by atoms with Gasteiger partial charge in [0.2, 0.25) is 15.9 Å². The van der Waals surface area contributed by atoms with E-state index in [2.05, 4.69) is 21.2 Å². The van der Waals surface area contributed by atoms with Crippen LogP contribution < -0.4 is 5.32 Å². The van der Waals surface area contributed by atoms with Crippen LogP contribution in [-0.4, -0.2) is 69.3 Å². The molecule has 1 saturated heterocycles. The molecule has 160 valence electrons. The third-order valence-electron chi connectivity index (χ3n) is 4.58. The van der Waals surface area contributed by atoms with Crippen molar-refractivity contribution in [3.8, 4) is 0 Å². The van der Waals surface area contributed by atoms with E-state index in [1.54, 1.807) is 30.3 Å². The SMILES string of the molecule is CN(CC(=O)Nc1ccccc1Br)C(=O)c1ccccc1S(=O)(=O)N1CCOCC1. The van der Waals surface area contributed by atoms with Crippen LogP contribution in [0.2, 0.25) is 0 Å². The highest BCUT2D eigenvalue weighted by molar-refractivity contribution is 9.10. The molecular weight excluding hydrogens is 474 g/mol. The van der Waals surface area contributed by atoms with Crippen molar-refractivity contribution in [1.29, 1.82) is 0 Å². The molecule has 3 rings (SSSR count). The van der Waals surface area contributed by atoms with E-state index < -0.39 is 21.8 Å². The number of morpholine rings is 1. The standard InChI is InChI=1S/C20H22BrN3O5S/c1-23(14-19(25)22-17-8-4-3-7-16(17)21)20(26)15-6-2-5-9-18(15)30(27,28)24-10-12-29-13-11-24/h2-9H,10-14H2,1H3,(H,22,25). The summed E-state index contributed by atoms with van der Waals surface area (Å²) in [6.07, 6.45) is 0. The highest BCUT2D eigenvalue weighted by Crippen LogP contribution is 2.23. The molecule has 8 nitrogen and oxygen atoms in total. The second-order valence-electron chi connectivity index (χ2n) is 6.70. The fraction of sp³-hybridized carbons (Fsp3) is 0.300. The molecule has 2 aromatic carbocycles. The fourth-order valence-electron chi connectivity index (χ4n) is 3.04. The third kappa shape index (κ3) is 5.07. The molecule has 10 heteroatoms. The lowest BCUT2D eigenvalue weighted by Gasteiger charge is -2.27. The van der Waals surface area contributed by atoms with Crippen molar-refractivity contribution in [1.82, 2.24) is 9.21 Å². The Balaban J connectivity index is 1.76. The van der Waals surface area contributed by atoms with Crippen LogP contribution in [0.15, 0.2) is 57.9 Å². The first-order valence-electron chi connectivity index (χ1n) is 9.27. The number of ether oxygens (including phenoxy) is 1. The highest BCUT2D eigenvalue weighted by Gasteiger charge is 2.31. The first-order valence-corrected chi connectivity index (χ1v) is 11.5. The topological polar surface area (TPSA) is 96.0 Å². The normalized spacial score (nSPS) is 14.9. The number of carbonyl (C=O) groups excluding carboxylic acids is 2. The summed E-state index contributed by atoms with van der Waals surface area (Å²) in [6, 6.07) is 13.2. The van der Waals surface area contributed by atoms with Crippen molar-refractivity contribution in [2.24, 2.45) is 0 Å². The molecule has 30 heavy (non-hydrogen) atoms. The average molecular weight is 496 g/mol. The number of benzene rings is 2. The lowest BCUT2D eigenvalue weighted by Crippen LogP contribution is -2.41. The number of nitrogens with zero attached hydrogens (tertiary/aromatic N) is 2. The number of carbonyl (C=O) groups is 2. The Kier molecular flexibility index (Phi) is 7.24. The summed E-state index contributed by atoms with van der Waals surface area (Å²) in [5.74, 6) is -0.948. The van der Waals surface area contributed by atoms with Gasteiger partial charge in [0.15, 0.2) is 0 Å². The molecule has 1 N–H and O–H groups in total. The molecule has 0 unspecified atom stereocenters. The second kappa shape index (κ2) is 9.69. The molecule has 0 spiro atoms. The third-order valence-corrected chi connectivity index (χ3v) is 7.23. The van der Waals surface area contributed by atoms with Gasteiger partial charge in [-0.25, -0.2) is 8.42 Å². The number of para-hydroxylation sites is 1. The molecule has 0 aromatic heterocycles. The smallest absolute Gasteiger partial charge is 0.255 e. The highest BCUT2D eigenvalue weighted by atomic mass is 79.9. The van der Waals surface area contributed by atoms with E-state index in [9.17, 15) is 18.0 Å². The number of rotatable bonds is 6. The number of nitrogens with one attached hydrogen (secondary N) is 1. The van der Waals surface area contributed by atoms with Gasteiger partial charge in [0.1, 0.15) is 0 Å². The molecule has 0 bridgehead atoms. The van der Waals surface area contributed by atoms with Gasteiger partial charge in [-0.15, -0.1) is 0 Å². The molecule has 0 atom stereocenters. The summed E-state index contributed by atoms with van der Waals surface area (Å²) in [5.41, 5.74) is 0.610. The van der Waals surface area contributed by atoms with Crippen LogP contribution >= 0.6 is 15.9 Å². The van der Waals surface area contributed by atoms with Gasteiger partial charge in [-0.2, -0.15) is 4.31 Å². The van der Waals surface area contributed by atoms with Crippen LogP contribution in [-0.2, 0) is 19.6 Å². The molecule has 2 aromatic rings. The molecule has 0 saturated carbocycles.